The SMILES string of the molecule is CN(CC(=O)N1CCO[C@H](c2cnccn2)C1)Cc1cccnc1. The summed E-state index contributed by atoms with van der Waals surface area (Å²) < 4.78 is 5.73. The Morgan fingerprint density at radius 3 is 2.96 bits per heavy atom. The van der Waals surface area contributed by atoms with Crippen LogP contribution in [0.25, 0.3) is 0 Å². The number of morpholine rings is 1. The maximum absolute atomic E-state index is 12.6. The second-order valence-corrected chi connectivity index (χ2v) is 5.86. The molecule has 1 amide bonds. The molecule has 126 valence electrons. The molecule has 0 N–H and O–H groups in total. The Morgan fingerprint density at radius 2 is 2.21 bits per heavy atom. The van der Waals surface area contributed by atoms with E-state index in [0.29, 0.717) is 32.8 Å². The van der Waals surface area contributed by atoms with E-state index in [1.54, 1.807) is 24.8 Å². The molecular formula is C17H21N5O2. The van der Waals surface area contributed by atoms with Crippen LogP contribution in [0, 0.1) is 0 Å². The predicted molar refractivity (Wildman–Crippen MR) is 87.9 cm³/mol. The average Bonchev–Trinajstić information content (AvgIpc) is 2.63. The van der Waals surface area contributed by atoms with Crippen LogP contribution in [0.3, 0.4) is 0 Å². The number of aromatic nitrogens is 3. The maximum atomic E-state index is 12.6. The Labute approximate surface area is 141 Å². The van der Waals surface area contributed by atoms with Gasteiger partial charge in [-0.15, -0.1) is 0 Å². The van der Waals surface area contributed by atoms with Gasteiger partial charge in [0.05, 0.1) is 31.6 Å². The lowest BCUT2D eigenvalue weighted by Gasteiger charge is -2.33. The average molecular weight is 327 g/mol. The lowest BCUT2D eigenvalue weighted by atomic mass is 10.2. The Morgan fingerprint density at radius 1 is 1.33 bits per heavy atom. The topological polar surface area (TPSA) is 71.5 Å². The summed E-state index contributed by atoms with van der Waals surface area (Å²) in [5, 5.41) is 0. The largest absolute Gasteiger partial charge is 0.368 e. The van der Waals surface area contributed by atoms with E-state index >= 15 is 0 Å². The number of ether oxygens (including phenoxy) is 1. The van der Waals surface area contributed by atoms with E-state index in [0.717, 1.165) is 11.3 Å². The molecule has 24 heavy (non-hydrogen) atoms. The van der Waals surface area contributed by atoms with E-state index in [2.05, 4.69) is 15.0 Å². The van der Waals surface area contributed by atoms with Crippen molar-refractivity contribution in [3.05, 3.63) is 54.4 Å². The number of likely N-dealkylation sites (N-methyl/N-ethyl adjacent to an activating group) is 1. The number of rotatable bonds is 5. The van der Waals surface area contributed by atoms with Crippen molar-refractivity contribution in [3.63, 3.8) is 0 Å². The second-order valence-electron chi connectivity index (χ2n) is 5.86. The molecular weight excluding hydrogens is 306 g/mol. The second kappa shape index (κ2) is 7.94. The minimum Gasteiger partial charge on any atom is -0.368 e. The highest BCUT2D eigenvalue weighted by molar-refractivity contribution is 5.78. The van der Waals surface area contributed by atoms with Gasteiger partial charge in [0, 0.05) is 37.9 Å². The Kier molecular flexibility index (Phi) is 5.45. The standard InChI is InChI=1S/C17H21N5O2/c1-21(11-14-3-2-4-18-9-14)13-17(23)22-7-8-24-16(12-22)15-10-19-5-6-20-15/h2-6,9-10,16H,7-8,11-13H2,1H3/t16-/m0/s1. The molecule has 2 aromatic rings. The van der Waals surface area contributed by atoms with Crippen LogP contribution in [0.5, 0.6) is 0 Å². The van der Waals surface area contributed by atoms with Crippen LogP contribution in [0.15, 0.2) is 43.1 Å². The van der Waals surface area contributed by atoms with E-state index in [4.69, 9.17) is 4.74 Å². The van der Waals surface area contributed by atoms with Crippen molar-refractivity contribution in [1.82, 2.24) is 24.8 Å². The summed E-state index contributed by atoms with van der Waals surface area (Å²) in [6.45, 7) is 2.69. The van der Waals surface area contributed by atoms with Crippen molar-refractivity contribution in [2.75, 3.05) is 33.3 Å². The lowest BCUT2D eigenvalue weighted by molar-refractivity contribution is -0.140. The molecule has 0 unspecified atom stereocenters. The van der Waals surface area contributed by atoms with Crippen molar-refractivity contribution in [1.29, 1.82) is 0 Å². The van der Waals surface area contributed by atoms with Gasteiger partial charge in [-0.3, -0.25) is 24.6 Å². The number of hydrogen-bond donors (Lipinski definition) is 0. The number of carbonyl (C=O) groups is 1. The Bertz CT molecular complexity index is 653. The molecule has 0 spiro atoms. The lowest BCUT2D eigenvalue weighted by Crippen LogP contribution is -2.46. The van der Waals surface area contributed by atoms with Crippen LogP contribution in [-0.4, -0.2) is 63.9 Å². The van der Waals surface area contributed by atoms with Gasteiger partial charge in [0.25, 0.3) is 0 Å². The van der Waals surface area contributed by atoms with Gasteiger partial charge in [0.15, 0.2) is 0 Å². The van der Waals surface area contributed by atoms with Gasteiger partial charge in [-0.1, -0.05) is 6.07 Å². The van der Waals surface area contributed by atoms with E-state index in [9.17, 15) is 4.79 Å². The van der Waals surface area contributed by atoms with Gasteiger partial charge >= 0.3 is 0 Å². The van der Waals surface area contributed by atoms with Crippen molar-refractivity contribution in [3.8, 4) is 0 Å². The summed E-state index contributed by atoms with van der Waals surface area (Å²) in [5.74, 6) is 0.0959. The smallest absolute Gasteiger partial charge is 0.236 e. The highest BCUT2D eigenvalue weighted by atomic mass is 16.5. The van der Waals surface area contributed by atoms with Gasteiger partial charge in [-0.25, -0.2) is 0 Å². The fourth-order valence-corrected chi connectivity index (χ4v) is 2.72. The number of pyridine rings is 1. The van der Waals surface area contributed by atoms with Gasteiger partial charge in [-0.2, -0.15) is 0 Å². The third kappa shape index (κ3) is 4.33. The van der Waals surface area contributed by atoms with E-state index in [-0.39, 0.29) is 12.0 Å². The van der Waals surface area contributed by atoms with Crippen LogP contribution >= 0.6 is 0 Å². The van der Waals surface area contributed by atoms with Crippen molar-refractivity contribution in [2.45, 2.75) is 12.6 Å². The summed E-state index contributed by atoms with van der Waals surface area (Å²) >= 11 is 0. The third-order valence-electron chi connectivity index (χ3n) is 3.91. The Hall–Kier alpha value is -2.38. The first kappa shape index (κ1) is 16.5. The molecule has 1 fully saturated rings. The zero-order valence-corrected chi connectivity index (χ0v) is 13.7. The van der Waals surface area contributed by atoms with Crippen molar-refractivity contribution < 1.29 is 9.53 Å². The van der Waals surface area contributed by atoms with E-state index in [1.165, 1.54) is 0 Å². The zero-order valence-electron chi connectivity index (χ0n) is 13.7. The van der Waals surface area contributed by atoms with Gasteiger partial charge < -0.3 is 9.64 Å². The summed E-state index contributed by atoms with van der Waals surface area (Å²) in [6.07, 6.45) is 8.31. The van der Waals surface area contributed by atoms with Gasteiger partial charge in [0.2, 0.25) is 5.91 Å². The molecule has 3 rings (SSSR count). The van der Waals surface area contributed by atoms with Crippen LogP contribution in [0.4, 0.5) is 0 Å². The molecule has 0 radical (unpaired) electrons. The normalized spacial score (nSPS) is 17.9. The monoisotopic (exact) mass is 327 g/mol. The van der Waals surface area contributed by atoms with Crippen molar-refractivity contribution in [2.24, 2.45) is 0 Å². The third-order valence-corrected chi connectivity index (χ3v) is 3.91. The maximum Gasteiger partial charge on any atom is 0.236 e. The summed E-state index contributed by atoms with van der Waals surface area (Å²) in [4.78, 5) is 28.8. The summed E-state index contributed by atoms with van der Waals surface area (Å²) in [5.41, 5.74) is 1.85. The van der Waals surface area contributed by atoms with Gasteiger partial charge in [-0.05, 0) is 18.7 Å². The van der Waals surface area contributed by atoms with E-state index in [1.807, 2.05) is 35.2 Å². The highest BCUT2D eigenvalue weighted by Gasteiger charge is 2.26. The fourth-order valence-electron chi connectivity index (χ4n) is 2.72. The number of carbonyl (C=O) groups excluding carboxylic acids is 1. The van der Waals surface area contributed by atoms with Crippen molar-refractivity contribution >= 4 is 5.91 Å². The minimum absolute atomic E-state index is 0.0959. The van der Waals surface area contributed by atoms with Gasteiger partial charge in [0.1, 0.15) is 6.10 Å². The molecule has 2 aromatic heterocycles. The zero-order chi connectivity index (χ0) is 16.8. The molecule has 1 saturated heterocycles. The first-order valence-corrected chi connectivity index (χ1v) is 7.95. The first-order valence-electron chi connectivity index (χ1n) is 7.95. The van der Waals surface area contributed by atoms with Crippen LogP contribution in [-0.2, 0) is 16.1 Å². The molecule has 1 aliphatic heterocycles. The highest BCUT2D eigenvalue weighted by Crippen LogP contribution is 2.19. The molecule has 7 heteroatoms. The number of hydrogen-bond acceptors (Lipinski definition) is 6. The molecule has 1 atom stereocenters. The van der Waals surface area contributed by atoms with Crippen LogP contribution < -0.4 is 0 Å². The molecule has 0 aromatic carbocycles. The Balaban J connectivity index is 1.54. The first-order chi connectivity index (χ1) is 11.7. The molecule has 0 saturated carbocycles. The predicted octanol–water partition coefficient (Wildman–Crippen LogP) is 0.903. The molecule has 3 heterocycles. The van der Waals surface area contributed by atoms with Crippen LogP contribution in [0.1, 0.15) is 17.4 Å². The quantitative estimate of drug-likeness (QED) is 0.813. The number of nitrogens with zero attached hydrogens (tertiary/aromatic N) is 5. The minimum atomic E-state index is -0.208. The molecule has 7 nitrogen and oxygen atoms in total. The molecule has 1 aliphatic rings. The summed E-state index contributed by atoms with van der Waals surface area (Å²) in [6, 6.07) is 3.91. The van der Waals surface area contributed by atoms with E-state index < -0.39 is 0 Å². The molecule has 0 bridgehead atoms. The number of amides is 1. The molecule has 0 aliphatic carbocycles. The summed E-state index contributed by atoms with van der Waals surface area (Å²) in [7, 11) is 1.94. The van der Waals surface area contributed by atoms with Crippen LogP contribution in [0.2, 0.25) is 0 Å². The fraction of sp³-hybridized carbons (Fsp3) is 0.412.